The molecule has 2 aromatic rings. The summed E-state index contributed by atoms with van der Waals surface area (Å²) in [5, 5.41) is 12.6. The van der Waals surface area contributed by atoms with E-state index >= 15 is 0 Å². The largest absolute Gasteiger partial charge is 0.357 e. The number of rotatable bonds is 6. The molecule has 0 spiro atoms. The van der Waals surface area contributed by atoms with E-state index < -0.39 is 0 Å². The zero-order valence-electron chi connectivity index (χ0n) is 13.2. The van der Waals surface area contributed by atoms with Gasteiger partial charge in [-0.25, -0.2) is 0 Å². The number of thioether (sulfide) groups is 1. The van der Waals surface area contributed by atoms with E-state index in [1.807, 2.05) is 37.3 Å². The number of carbonyl (C=O) groups is 1. The highest BCUT2D eigenvalue weighted by Crippen LogP contribution is 2.31. The van der Waals surface area contributed by atoms with Crippen LogP contribution < -0.4 is 5.32 Å². The Hall–Kier alpha value is -1.40. The predicted molar refractivity (Wildman–Crippen MR) is 96.5 cm³/mol. The van der Waals surface area contributed by atoms with E-state index in [-0.39, 0.29) is 11.0 Å². The summed E-state index contributed by atoms with van der Waals surface area (Å²) in [6.45, 7) is 1.93. The van der Waals surface area contributed by atoms with Gasteiger partial charge in [0.2, 0.25) is 5.13 Å². The number of hydrogen-bond donors (Lipinski definition) is 1. The summed E-state index contributed by atoms with van der Waals surface area (Å²) in [4.78, 5) is 12.4. The third kappa shape index (κ3) is 4.54. The van der Waals surface area contributed by atoms with Crippen LogP contribution in [0.15, 0.2) is 34.7 Å². The molecule has 3 rings (SSSR count). The Kier molecular flexibility index (Phi) is 5.67. The van der Waals surface area contributed by atoms with E-state index in [0.717, 1.165) is 15.0 Å². The standard InChI is InChI=1S/C17H21N3OS2/c1-12(15(21)13-8-4-2-5-9-13)22-17-20-19-16(23-17)18-14-10-6-3-7-11-14/h2,4-5,8-9,12,14H,3,6-7,10-11H2,1H3,(H,18,19). The van der Waals surface area contributed by atoms with Gasteiger partial charge < -0.3 is 5.32 Å². The Morgan fingerprint density at radius 2 is 1.96 bits per heavy atom. The second kappa shape index (κ2) is 7.93. The van der Waals surface area contributed by atoms with Gasteiger partial charge in [0.05, 0.1) is 5.25 Å². The predicted octanol–water partition coefficient (Wildman–Crippen LogP) is 4.65. The average molecular weight is 348 g/mol. The molecular weight excluding hydrogens is 326 g/mol. The van der Waals surface area contributed by atoms with E-state index in [4.69, 9.17) is 0 Å². The Balaban J connectivity index is 1.56. The van der Waals surface area contributed by atoms with Crippen LogP contribution >= 0.6 is 23.1 Å². The molecule has 0 saturated heterocycles. The Labute approximate surface area is 145 Å². The summed E-state index contributed by atoms with van der Waals surface area (Å²) in [5.41, 5.74) is 0.748. The zero-order valence-corrected chi connectivity index (χ0v) is 14.8. The first-order valence-electron chi connectivity index (χ1n) is 8.08. The number of hydrogen-bond acceptors (Lipinski definition) is 6. The van der Waals surface area contributed by atoms with Crippen molar-refractivity contribution in [3.63, 3.8) is 0 Å². The number of nitrogens with zero attached hydrogens (tertiary/aromatic N) is 2. The highest BCUT2D eigenvalue weighted by atomic mass is 32.2. The van der Waals surface area contributed by atoms with Crippen LogP contribution in [0.2, 0.25) is 0 Å². The van der Waals surface area contributed by atoms with Crippen LogP contribution in [0.25, 0.3) is 0 Å². The van der Waals surface area contributed by atoms with Gasteiger partial charge in [0.1, 0.15) is 0 Å². The van der Waals surface area contributed by atoms with E-state index in [1.54, 1.807) is 11.3 Å². The SMILES string of the molecule is CC(Sc1nnc(NC2CCCCC2)s1)C(=O)c1ccccc1. The van der Waals surface area contributed by atoms with Crippen LogP contribution in [-0.2, 0) is 0 Å². The Morgan fingerprint density at radius 1 is 1.22 bits per heavy atom. The number of carbonyl (C=O) groups excluding carboxylic acids is 1. The summed E-state index contributed by atoms with van der Waals surface area (Å²) in [6.07, 6.45) is 6.35. The van der Waals surface area contributed by atoms with Gasteiger partial charge >= 0.3 is 0 Å². The second-order valence-corrected chi connectivity index (χ2v) is 8.41. The van der Waals surface area contributed by atoms with Crippen molar-refractivity contribution >= 4 is 34.0 Å². The normalized spacial score (nSPS) is 16.9. The number of aromatic nitrogens is 2. The third-order valence-corrected chi connectivity index (χ3v) is 6.08. The van der Waals surface area contributed by atoms with Crippen LogP contribution in [-0.4, -0.2) is 27.3 Å². The fraction of sp³-hybridized carbons (Fsp3) is 0.471. The van der Waals surface area contributed by atoms with Crippen molar-refractivity contribution in [3.8, 4) is 0 Å². The molecule has 1 aromatic carbocycles. The van der Waals surface area contributed by atoms with Crippen molar-refractivity contribution in [3.05, 3.63) is 35.9 Å². The summed E-state index contributed by atoms with van der Waals surface area (Å²) in [5.74, 6) is 0.132. The molecule has 0 bridgehead atoms. The van der Waals surface area contributed by atoms with E-state index in [2.05, 4.69) is 15.5 Å². The molecule has 1 aliphatic rings. The lowest BCUT2D eigenvalue weighted by Gasteiger charge is -2.21. The molecular formula is C17H21N3OS2. The summed E-state index contributed by atoms with van der Waals surface area (Å²) < 4.78 is 0.847. The van der Waals surface area contributed by atoms with Crippen molar-refractivity contribution in [1.29, 1.82) is 0 Å². The molecule has 1 saturated carbocycles. The highest BCUT2D eigenvalue weighted by Gasteiger charge is 2.19. The summed E-state index contributed by atoms with van der Waals surface area (Å²) >= 11 is 3.03. The lowest BCUT2D eigenvalue weighted by molar-refractivity contribution is 0.0994. The minimum absolute atomic E-state index is 0.132. The fourth-order valence-electron chi connectivity index (χ4n) is 2.78. The second-order valence-electron chi connectivity index (χ2n) is 5.84. The molecule has 6 heteroatoms. The van der Waals surface area contributed by atoms with Crippen molar-refractivity contribution in [2.75, 3.05) is 5.32 Å². The average Bonchev–Trinajstić information content (AvgIpc) is 3.02. The molecule has 122 valence electrons. The molecule has 1 heterocycles. The fourth-order valence-corrected chi connectivity index (χ4v) is 4.83. The Morgan fingerprint density at radius 3 is 2.70 bits per heavy atom. The molecule has 0 radical (unpaired) electrons. The van der Waals surface area contributed by atoms with E-state index in [0.29, 0.717) is 6.04 Å². The molecule has 1 fully saturated rings. The maximum absolute atomic E-state index is 12.4. The number of ketones is 1. The van der Waals surface area contributed by atoms with Gasteiger partial charge in [-0.3, -0.25) is 4.79 Å². The summed E-state index contributed by atoms with van der Waals surface area (Å²) in [6, 6.07) is 9.94. The topological polar surface area (TPSA) is 54.9 Å². The van der Waals surface area contributed by atoms with Gasteiger partial charge in [-0.15, -0.1) is 10.2 Å². The van der Waals surface area contributed by atoms with Gasteiger partial charge in [-0.2, -0.15) is 0 Å². The molecule has 0 amide bonds. The van der Waals surface area contributed by atoms with Gasteiger partial charge in [-0.1, -0.05) is 72.7 Å². The first kappa shape index (κ1) is 16.5. The lowest BCUT2D eigenvalue weighted by atomic mass is 9.96. The van der Waals surface area contributed by atoms with Gasteiger partial charge in [0.25, 0.3) is 0 Å². The molecule has 1 atom stereocenters. The summed E-state index contributed by atoms with van der Waals surface area (Å²) in [7, 11) is 0. The van der Waals surface area contributed by atoms with Crippen LogP contribution in [0.1, 0.15) is 49.4 Å². The van der Waals surface area contributed by atoms with Crippen LogP contribution in [0.5, 0.6) is 0 Å². The van der Waals surface area contributed by atoms with Crippen LogP contribution in [0.4, 0.5) is 5.13 Å². The van der Waals surface area contributed by atoms with Crippen molar-refractivity contribution in [2.24, 2.45) is 0 Å². The first-order valence-corrected chi connectivity index (χ1v) is 9.78. The maximum Gasteiger partial charge on any atom is 0.206 e. The Bertz CT molecular complexity index is 638. The van der Waals surface area contributed by atoms with E-state index in [9.17, 15) is 4.79 Å². The monoisotopic (exact) mass is 347 g/mol. The molecule has 1 unspecified atom stereocenters. The first-order chi connectivity index (χ1) is 11.2. The van der Waals surface area contributed by atoms with Crippen molar-refractivity contribution in [2.45, 2.75) is 54.7 Å². The smallest absolute Gasteiger partial charge is 0.206 e. The number of Topliss-reactive ketones (excluding diaryl/α,β-unsaturated/α-hetero) is 1. The van der Waals surface area contributed by atoms with Gasteiger partial charge in [-0.05, 0) is 19.8 Å². The molecule has 23 heavy (non-hydrogen) atoms. The third-order valence-electron chi connectivity index (χ3n) is 4.04. The van der Waals surface area contributed by atoms with Gasteiger partial charge in [0.15, 0.2) is 10.1 Å². The van der Waals surface area contributed by atoms with Crippen LogP contribution in [0.3, 0.4) is 0 Å². The molecule has 0 aliphatic heterocycles. The van der Waals surface area contributed by atoms with Gasteiger partial charge in [0, 0.05) is 11.6 Å². The quantitative estimate of drug-likeness (QED) is 0.609. The minimum Gasteiger partial charge on any atom is -0.357 e. The molecule has 4 nitrogen and oxygen atoms in total. The molecule has 1 N–H and O–H groups in total. The molecule has 1 aromatic heterocycles. The molecule has 1 aliphatic carbocycles. The number of anilines is 1. The lowest BCUT2D eigenvalue weighted by Crippen LogP contribution is -2.21. The number of nitrogens with one attached hydrogen (secondary N) is 1. The van der Waals surface area contributed by atoms with Crippen molar-refractivity contribution in [1.82, 2.24) is 10.2 Å². The minimum atomic E-state index is -0.159. The highest BCUT2D eigenvalue weighted by molar-refractivity contribution is 8.02. The zero-order chi connectivity index (χ0) is 16.1. The van der Waals surface area contributed by atoms with Crippen molar-refractivity contribution < 1.29 is 4.79 Å². The maximum atomic E-state index is 12.4. The number of benzene rings is 1. The van der Waals surface area contributed by atoms with Crippen LogP contribution in [0, 0.1) is 0 Å². The van der Waals surface area contributed by atoms with E-state index in [1.165, 1.54) is 43.9 Å².